The van der Waals surface area contributed by atoms with Gasteiger partial charge in [-0.05, 0) is 62.2 Å². The number of hydrogen-bond donors (Lipinski definition) is 2. The van der Waals surface area contributed by atoms with Crippen LogP contribution in [0.4, 0.5) is 0 Å². The quantitative estimate of drug-likeness (QED) is 0.813. The standard InChI is InChI=1S/C17H29NO2/c1-3-4-14(19)10-18-15(20)17-8-12-5-13(9-17)7-16(2,6-12)11-17/h12-14,19H,3-11H2,1-2H3,(H,18,20). The summed E-state index contributed by atoms with van der Waals surface area (Å²) in [5, 5.41) is 12.9. The average molecular weight is 279 g/mol. The van der Waals surface area contributed by atoms with Crippen molar-refractivity contribution in [3.8, 4) is 0 Å². The fraction of sp³-hybridized carbons (Fsp3) is 0.941. The van der Waals surface area contributed by atoms with Crippen molar-refractivity contribution in [3.05, 3.63) is 0 Å². The second-order valence-corrected chi connectivity index (χ2v) is 8.20. The molecule has 20 heavy (non-hydrogen) atoms. The van der Waals surface area contributed by atoms with E-state index in [1.807, 2.05) is 0 Å². The van der Waals surface area contributed by atoms with E-state index in [9.17, 15) is 9.90 Å². The fourth-order valence-corrected chi connectivity index (χ4v) is 5.82. The summed E-state index contributed by atoms with van der Waals surface area (Å²) < 4.78 is 0. The third kappa shape index (κ3) is 2.49. The summed E-state index contributed by atoms with van der Waals surface area (Å²) in [5.74, 6) is 1.77. The molecule has 0 aromatic carbocycles. The first-order chi connectivity index (χ1) is 9.45. The molecule has 0 aromatic rings. The molecule has 4 aliphatic carbocycles. The summed E-state index contributed by atoms with van der Waals surface area (Å²) >= 11 is 0. The summed E-state index contributed by atoms with van der Waals surface area (Å²) in [4.78, 5) is 12.7. The topological polar surface area (TPSA) is 49.3 Å². The minimum atomic E-state index is -0.381. The Morgan fingerprint density at radius 3 is 2.50 bits per heavy atom. The van der Waals surface area contributed by atoms with Gasteiger partial charge in [0, 0.05) is 6.54 Å². The molecule has 4 saturated carbocycles. The molecule has 3 atom stereocenters. The first-order valence-corrected chi connectivity index (χ1v) is 8.41. The van der Waals surface area contributed by atoms with Crippen molar-refractivity contribution in [3.63, 3.8) is 0 Å². The molecule has 0 aromatic heterocycles. The molecular weight excluding hydrogens is 250 g/mol. The van der Waals surface area contributed by atoms with Crippen LogP contribution in [0, 0.1) is 22.7 Å². The predicted molar refractivity (Wildman–Crippen MR) is 79.1 cm³/mol. The van der Waals surface area contributed by atoms with E-state index in [1.54, 1.807) is 0 Å². The van der Waals surface area contributed by atoms with Crippen molar-refractivity contribution >= 4 is 5.91 Å². The van der Waals surface area contributed by atoms with Crippen LogP contribution < -0.4 is 5.32 Å². The molecule has 4 rings (SSSR count). The number of nitrogens with one attached hydrogen (secondary N) is 1. The minimum absolute atomic E-state index is 0.106. The molecule has 3 nitrogen and oxygen atoms in total. The lowest BCUT2D eigenvalue weighted by Gasteiger charge is -2.60. The summed E-state index contributed by atoms with van der Waals surface area (Å²) in [7, 11) is 0. The molecular formula is C17H29NO2. The van der Waals surface area contributed by atoms with Crippen LogP contribution in [-0.4, -0.2) is 23.7 Å². The molecule has 3 heteroatoms. The third-order valence-electron chi connectivity index (χ3n) is 5.96. The van der Waals surface area contributed by atoms with Crippen LogP contribution in [0.15, 0.2) is 0 Å². The van der Waals surface area contributed by atoms with Crippen molar-refractivity contribution in [1.82, 2.24) is 5.32 Å². The largest absolute Gasteiger partial charge is 0.391 e. The Morgan fingerprint density at radius 1 is 1.30 bits per heavy atom. The van der Waals surface area contributed by atoms with Crippen LogP contribution in [0.5, 0.6) is 0 Å². The number of carbonyl (C=O) groups excluding carboxylic acids is 1. The molecule has 0 saturated heterocycles. The van der Waals surface area contributed by atoms with Gasteiger partial charge in [-0.2, -0.15) is 0 Å². The molecule has 4 bridgehead atoms. The van der Waals surface area contributed by atoms with Crippen molar-refractivity contribution in [2.45, 2.75) is 71.3 Å². The average Bonchev–Trinajstić information content (AvgIpc) is 2.33. The third-order valence-corrected chi connectivity index (χ3v) is 5.96. The number of carbonyl (C=O) groups is 1. The van der Waals surface area contributed by atoms with Gasteiger partial charge in [0.25, 0.3) is 0 Å². The zero-order chi connectivity index (χ0) is 14.4. The smallest absolute Gasteiger partial charge is 0.226 e. The van der Waals surface area contributed by atoms with Crippen LogP contribution in [0.3, 0.4) is 0 Å². The van der Waals surface area contributed by atoms with Gasteiger partial charge in [0.15, 0.2) is 0 Å². The zero-order valence-corrected chi connectivity index (χ0v) is 13.0. The van der Waals surface area contributed by atoms with Gasteiger partial charge in [0.2, 0.25) is 5.91 Å². The Bertz CT molecular complexity index is 378. The number of aliphatic hydroxyl groups is 1. The monoisotopic (exact) mass is 279 g/mol. The Balaban J connectivity index is 1.65. The van der Waals surface area contributed by atoms with Crippen LogP contribution >= 0.6 is 0 Å². The Kier molecular flexibility index (Phi) is 3.60. The van der Waals surface area contributed by atoms with Crippen LogP contribution in [0.25, 0.3) is 0 Å². The van der Waals surface area contributed by atoms with Crippen molar-refractivity contribution < 1.29 is 9.90 Å². The molecule has 3 unspecified atom stereocenters. The van der Waals surface area contributed by atoms with Gasteiger partial charge < -0.3 is 10.4 Å². The van der Waals surface area contributed by atoms with E-state index in [1.165, 1.54) is 19.3 Å². The second kappa shape index (κ2) is 5.01. The number of amides is 1. The molecule has 0 spiro atoms. The van der Waals surface area contributed by atoms with Crippen LogP contribution in [0.1, 0.15) is 65.2 Å². The van der Waals surface area contributed by atoms with E-state index in [0.717, 1.165) is 43.9 Å². The van der Waals surface area contributed by atoms with Gasteiger partial charge in [-0.15, -0.1) is 0 Å². The molecule has 0 aliphatic heterocycles. The van der Waals surface area contributed by atoms with E-state index < -0.39 is 0 Å². The Hall–Kier alpha value is -0.570. The molecule has 4 aliphatic rings. The normalized spacial score (nSPS) is 43.5. The van der Waals surface area contributed by atoms with Crippen molar-refractivity contribution in [2.24, 2.45) is 22.7 Å². The van der Waals surface area contributed by atoms with Gasteiger partial charge in [-0.3, -0.25) is 4.79 Å². The maximum atomic E-state index is 12.7. The first kappa shape index (κ1) is 14.4. The zero-order valence-electron chi connectivity index (χ0n) is 13.0. The van der Waals surface area contributed by atoms with Crippen LogP contribution in [-0.2, 0) is 4.79 Å². The predicted octanol–water partition coefficient (Wildman–Crippen LogP) is 2.87. The summed E-state index contributed by atoms with van der Waals surface area (Å²) in [5.41, 5.74) is 0.300. The van der Waals surface area contributed by atoms with Gasteiger partial charge >= 0.3 is 0 Å². The fourth-order valence-electron chi connectivity index (χ4n) is 5.82. The Morgan fingerprint density at radius 2 is 1.95 bits per heavy atom. The van der Waals surface area contributed by atoms with E-state index in [-0.39, 0.29) is 17.4 Å². The highest BCUT2D eigenvalue weighted by molar-refractivity contribution is 5.83. The molecule has 4 fully saturated rings. The molecule has 1 amide bonds. The molecule has 2 N–H and O–H groups in total. The van der Waals surface area contributed by atoms with Gasteiger partial charge in [-0.1, -0.05) is 20.3 Å². The minimum Gasteiger partial charge on any atom is -0.391 e. The highest BCUT2D eigenvalue weighted by Gasteiger charge is 2.58. The summed E-state index contributed by atoms with van der Waals surface area (Å²) in [6.45, 7) is 4.88. The lowest BCUT2D eigenvalue weighted by molar-refractivity contribution is -0.155. The van der Waals surface area contributed by atoms with E-state index >= 15 is 0 Å². The van der Waals surface area contributed by atoms with Gasteiger partial charge in [-0.25, -0.2) is 0 Å². The maximum Gasteiger partial charge on any atom is 0.226 e. The van der Waals surface area contributed by atoms with Gasteiger partial charge in [0.05, 0.1) is 11.5 Å². The number of aliphatic hydroxyl groups excluding tert-OH is 1. The van der Waals surface area contributed by atoms with Crippen LogP contribution in [0.2, 0.25) is 0 Å². The van der Waals surface area contributed by atoms with E-state index in [0.29, 0.717) is 12.0 Å². The highest BCUT2D eigenvalue weighted by Crippen LogP contribution is 2.65. The Labute approximate surface area is 122 Å². The summed E-state index contributed by atoms with van der Waals surface area (Å²) in [6, 6.07) is 0. The number of rotatable bonds is 5. The maximum absolute atomic E-state index is 12.7. The summed E-state index contributed by atoms with van der Waals surface area (Å²) in [6.07, 6.45) is 8.62. The van der Waals surface area contributed by atoms with Gasteiger partial charge in [0.1, 0.15) is 0 Å². The van der Waals surface area contributed by atoms with E-state index in [4.69, 9.17) is 0 Å². The SMILES string of the molecule is CCCC(O)CNC(=O)C12CC3CC(CC(C)(C3)C1)C2. The first-order valence-electron chi connectivity index (χ1n) is 8.41. The lowest BCUT2D eigenvalue weighted by Crippen LogP contribution is -2.57. The second-order valence-electron chi connectivity index (χ2n) is 8.20. The molecule has 0 heterocycles. The van der Waals surface area contributed by atoms with Crippen molar-refractivity contribution in [2.75, 3.05) is 6.54 Å². The number of hydrogen-bond acceptors (Lipinski definition) is 2. The molecule has 0 radical (unpaired) electrons. The molecule has 114 valence electrons. The van der Waals surface area contributed by atoms with Crippen molar-refractivity contribution in [1.29, 1.82) is 0 Å². The van der Waals surface area contributed by atoms with E-state index in [2.05, 4.69) is 19.2 Å². The highest BCUT2D eigenvalue weighted by atomic mass is 16.3. The lowest BCUT2D eigenvalue weighted by atomic mass is 9.44.